The monoisotopic (exact) mass is 356 g/mol. The first kappa shape index (κ1) is 18.9. The Hall–Kier alpha value is -2.40. The third kappa shape index (κ3) is 4.79. The summed E-state index contributed by atoms with van der Waals surface area (Å²) in [6, 6.07) is 15.0. The van der Waals surface area contributed by atoms with Gasteiger partial charge in [0.15, 0.2) is 11.2 Å². The van der Waals surface area contributed by atoms with Crippen LogP contribution in [0.15, 0.2) is 48.5 Å². The molecule has 25 heavy (non-hydrogen) atoms. The van der Waals surface area contributed by atoms with E-state index in [2.05, 4.69) is 42.7 Å². The van der Waals surface area contributed by atoms with E-state index in [-0.39, 0.29) is 5.97 Å². The molecule has 0 saturated carbocycles. The quantitative estimate of drug-likeness (QED) is 0.605. The number of benzene rings is 2. The van der Waals surface area contributed by atoms with Crippen molar-refractivity contribution in [3.8, 4) is 0 Å². The van der Waals surface area contributed by atoms with Gasteiger partial charge in [0.2, 0.25) is 0 Å². The Bertz CT molecular complexity index is 709. The van der Waals surface area contributed by atoms with Crippen LogP contribution in [0.4, 0.5) is 5.69 Å². The van der Waals surface area contributed by atoms with Crippen molar-refractivity contribution < 1.29 is 9.53 Å². The minimum Gasteiger partial charge on any atom is -0.467 e. The van der Waals surface area contributed by atoms with Crippen molar-refractivity contribution >= 4 is 29.0 Å². The van der Waals surface area contributed by atoms with Crippen LogP contribution in [0, 0.1) is 0 Å². The van der Waals surface area contributed by atoms with Crippen molar-refractivity contribution in [2.75, 3.05) is 12.4 Å². The fourth-order valence-corrected chi connectivity index (χ4v) is 2.95. The zero-order valence-corrected chi connectivity index (χ0v) is 15.7. The van der Waals surface area contributed by atoms with Crippen molar-refractivity contribution in [2.24, 2.45) is 0 Å². The van der Waals surface area contributed by atoms with E-state index in [0.29, 0.717) is 5.11 Å². The molecule has 4 nitrogen and oxygen atoms in total. The summed E-state index contributed by atoms with van der Waals surface area (Å²) in [7, 11) is 1.37. The van der Waals surface area contributed by atoms with E-state index in [4.69, 9.17) is 17.0 Å². The molecule has 0 fully saturated rings. The molecule has 0 aliphatic rings. The van der Waals surface area contributed by atoms with Crippen LogP contribution in [0.25, 0.3) is 0 Å². The largest absolute Gasteiger partial charge is 0.467 e. The fourth-order valence-electron chi connectivity index (χ4n) is 2.73. The molecular formula is C20H24N2O2S. The summed E-state index contributed by atoms with van der Waals surface area (Å²) < 4.78 is 4.92. The number of thiocarbonyl (C=S) groups is 1. The number of para-hydroxylation sites is 1. The zero-order chi connectivity index (χ0) is 18.2. The number of carbonyl (C=O) groups excluding carboxylic acids is 1. The molecular weight excluding hydrogens is 332 g/mol. The maximum atomic E-state index is 12.2. The Morgan fingerprint density at radius 1 is 1.04 bits per heavy atom. The van der Waals surface area contributed by atoms with Gasteiger partial charge in [-0.1, -0.05) is 62.4 Å². The molecule has 1 unspecified atom stereocenters. The van der Waals surface area contributed by atoms with Gasteiger partial charge >= 0.3 is 5.97 Å². The van der Waals surface area contributed by atoms with Crippen LogP contribution < -0.4 is 10.6 Å². The number of hydrogen-bond acceptors (Lipinski definition) is 3. The summed E-state index contributed by atoms with van der Waals surface area (Å²) in [5.74, 6) is -0.380. The summed E-state index contributed by atoms with van der Waals surface area (Å²) >= 11 is 5.46. The van der Waals surface area contributed by atoms with Gasteiger partial charge in [0.1, 0.15) is 0 Å². The van der Waals surface area contributed by atoms with Crippen LogP contribution in [0.2, 0.25) is 0 Å². The number of nitrogens with one attached hydrogen (secondary N) is 2. The Kier molecular flexibility index (Phi) is 6.95. The minimum absolute atomic E-state index is 0.380. The highest BCUT2D eigenvalue weighted by molar-refractivity contribution is 7.80. The molecule has 5 heteroatoms. The van der Waals surface area contributed by atoms with E-state index in [1.165, 1.54) is 18.2 Å². The first-order chi connectivity index (χ1) is 12.1. The van der Waals surface area contributed by atoms with Crippen LogP contribution in [0.3, 0.4) is 0 Å². The Morgan fingerprint density at radius 2 is 1.64 bits per heavy atom. The Balaban J connectivity index is 2.22. The number of ether oxygens (including phenoxy) is 1. The average Bonchev–Trinajstić information content (AvgIpc) is 2.66. The second-order valence-electron chi connectivity index (χ2n) is 5.62. The normalized spacial score (nSPS) is 11.5. The Morgan fingerprint density at radius 3 is 2.16 bits per heavy atom. The molecule has 0 saturated heterocycles. The van der Waals surface area contributed by atoms with E-state index >= 15 is 0 Å². The molecule has 0 radical (unpaired) electrons. The van der Waals surface area contributed by atoms with Crippen molar-refractivity contribution in [2.45, 2.75) is 32.7 Å². The van der Waals surface area contributed by atoms with Crippen LogP contribution >= 0.6 is 12.2 Å². The topological polar surface area (TPSA) is 50.4 Å². The van der Waals surface area contributed by atoms with Gasteiger partial charge in [0.05, 0.1) is 7.11 Å². The van der Waals surface area contributed by atoms with Gasteiger partial charge in [-0.05, 0) is 41.7 Å². The van der Waals surface area contributed by atoms with Gasteiger partial charge in [-0.3, -0.25) is 0 Å². The second-order valence-corrected chi connectivity index (χ2v) is 6.03. The molecule has 0 spiro atoms. The third-order valence-corrected chi connectivity index (χ3v) is 4.30. The second kappa shape index (κ2) is 9.18. The lowest BCUT2D eigenvalue weighted by molar-refractivity contribution is -0.142. The number of anilines is 1. The van der Waals surface area contributed by atoms with Crippen LogP contribution in [-0.4, -0.2) is 18.2 Å². The van der Waals surface area contributed by atoms with Crippen molar-refractivity contribution in [3.05, 3.63) is 65.2 Å². The smallest absolute Gasteiger partial charge is 0.333 e. The molecule has 0 bridgehead atoms. The Labute approximate surface area is 154 Å². The first-order valence-electron chi connectivity index (χ1n) is 8.41. The van der Waals surface area contributed by atoms with E-state index in [1.807, 2.05) is 30.3 Å². The molecule has 2 aromatic carbocycles. The van der Waals surface area contributed by atoms with Gasteiger partial charge in [-0.25, -0.2) is 4.79 Å². The molecule has 2 N–H and O–H groups in total. The molecule has 1 atom stereocenters. The lowest BCUT2D eigenvalue weighted by Gasteiger charge is -2.21. The lowest BCUT2D eigenvalue weighted by Crippen LogP contribution is -2.37. The maximum absolute atomic E-state index is 12.2. The average molecular weight is 356 g/mol. The van der Waals surface area contributed by atoms with Crippen LogP contribution in [-0.2, 0) is 22.4 Å². The molecule has 0 aliphatic heterocycles. The number of aryl methyl sites for hydroxylation is 2. The van der Waals surface area contributed by atoms with Crippen molar-refractivity contribution in [3.63, 3.8) is 0 Å². The number of esters is 1. The molecule has 132 valence electrons. The van der Waals surface area contributed by atoms with E-state index in [1.54, 1.807) is 0 Å². The highest BCUT2D eigenvalue weighted by atomic mass is 32.1. The van der Waals surface area contributed by atoms with Crippen molar-refractivity contribution in [1.29, 1.82) is 0 Å². The van der Waals surface area contributed by atoms with Crippen LogP contribution in [0.5, 0.6) is 0 Å². The number of carbonyl (C=O) groups is 1. The summed E-state index contributed by atoms with van der Waals surface area (Å²) in [6.45, 7) is 4.22. The number of methoxy groups -OCH3 is 1. The lowest BCUT2D eigenvalue weighted by atomic mass is 10.0. The highest BCUT2D eigenvalue weighted by Gasteiger charge is 2.22. The molecule has 0 heterocycles. The first-order valence-corrected chi connectivity index (χ1v) is 8.82. The SMILES string of the molecule is CCc1cccc(CC)c1NC(=S)NC(C(=O)OC)c1ccccc1. The molecule has 0 amide bonds. The summed E-state index contributed by atoms with van der Waals surface area (Å²) in [5.41, 5.74) is 4.20. The maximum Gasteiger partial charge on any atom is 0.333 e. The highest BCUT2D eigenvalue weighted by Crippen LogP contribution is 2.23. The van der Waals surface area contributed by atoms with Gasteiger partial charge in [-0.15, -0.1) is 0 Å². The minimum atomic E-state index is -0.648. The predicted molar refractivity (Wildman–Crippen MR) is 106 cm³/mol. The fraction of sp³-hybridized carbons (Fsp3) is 0.300. The summed E-state index contributed by atoms with van der Waals surface area (Å²) in [6.07, 6.45) is 1.80. The number of rotatable bonds is 6. The van der Waals surface area contributed by atoms with E-state index in [9.17, 15) is 4.79 Å². The van der Waals surface area contributed by atoms with Gasteiger partial charge in [0.25, 0.3) is 0 Å². The summed E-state index contributed by atoms with van der Waals surface area (Å²) in [5, 5.41) is 6.75. The van der Waals surface area contributed by atoms with Gasteiger partial charge < -0.3 is 15.4 Å². The predicted octanol–water partition coefficient (Wildman–Crippen LogP) is 4.01. The standard InChI is InChI=1S/C20H24N2O2S/c1-4-14-12-9-13-15(5-2)17(14)21-20(25)22-18(19(23)24-3)16-10-7-6-8-11-16/h6-13,18H,4-5H2,1-3H3,(H2,21,22,25). The van der Waals surface area contributed by atoms with Gasteiger partial charge in [0, 0.05) is 5.69 Å². The molecule has 2 rings (SSSR count). The third-order valence-electron chi connectivity index (χ3n) is 4.08. The zero-order valence-electron chi connectivity index (χ0n) is 14.8. The molecule has 2 aromatic rings. The van der Waals surface area contributed by atoms with Crippen LogP contribution in [0.1, 0.15) is 36.6 Å². The van der Waals surface area contributed by atoms with E-state index in [0.717, 1.165) is 24.1 Å². The molecule has 0 aliphatic carbocycles. The van der Waals surface area contributed by atoms with Crippen molar-refractivity contribution in [1.82, 2.24) is 5.32 Å². The number of hydrogen-bond donors (Lipinski definition) is 2. The molecule has 0 aromatic heterocycles. The van der Waals surface area contributed by atoms with E-state index < -0.39 is 6.04 Å². The van der Waals surface area contributed by atoms with Gasteiger partial charge in [-0.2, -0.15) is 0 Å². The summed E-state index contributed by atoms with van der Waals surface area (Å²) in [4.78, 5) is 12.2.